The van der Waals surface area contributed by atoms with Gasteiger partial charge < -0.3 is 21.1 Å². The third-order valence-corrected chi connectivity index (χ3v) is 13.2. The van der Waals surface area contributed by atoms with Crippen molar-refractivity contribution in [2.75, 3.05) is 25.4 Å². The molecule has 46 heavy (non-hydrogen) atoms. The van der Waals surface area contributed by atoms with Gasteiger partial charge in [-0.1, -0.05) is 36.6 Å². The second-order valence-corrected chi connectivity index (χ2v) is 18.1. The highest BCUT2D eigenvalue weighted by Crippen LogP contribution is 2.43. The average molecular weight is 679 g/mol. The lowest BCUT2D eigenvalue weighted by atomic mass is 9.71. The normalized spacial score (nSPS) is 32.2. The van der Waals surface area contributed by atoms with Crippen LogP contribution in [0.4, 0.5) is 0 Å². The minimum absolute atomic E-state index is 0.0380. The van der Waals surface area contributed by atoms with Gasteiger partial charge in [-0.2, -0.15) is 4.31 Å². The second-order valence-electron chi connectivity index (χ2n) is 15.6. The van der Waals surface area contributed by atoms with E-state index in [-0.39, 0.29) is 52.9 Å². The number of hydrogen-bond acceptors (Lipinski definition) is 7. The number of carbonyl (C=O) groups is 2. The predicted molar refractivity (Wildman–Crippen MR) is 182 cm³/mol. The first-order valence-corrected chi connectivity index (χ1v) is 19.4. The maximum absolute atomic E-state index is 14.6. The van der Waals surface area contributed by atoms with Crippen molar-refractivity contribution in [2.24, 2.45) is 23.5 Å². The standard InChI is InChI=1S/C35H55ClN4O5S/c1-34(2)20-26(16-17-45-34)31(24-10-13-27(36)14-11-24)32(39-33(42)35(3,4)37)30(41)19-25-8-5-7-23(25)12-15-29-21-38-28-9-6-18-46(43,44)40(29)22-28/h10-11,13-14,23,25-26,28-29,31-32,38H,5-9,12,15-22,37H2,1-4H3,(H,39,42)/t23-,25-,26?,28-,29+,31+,32-/m1/s1. The van der Waals surface area contributed by atoms with Gasteiger partial charge in [0.1, 0.15) is 0 Å². The van der Waals surface area contributed by atoms with Gasteiger partial charge in [-0.05, 0) is 108 Å². The summed E-state index contributed by atoms with van der Waals surface area (Å²) < 4.78 is 33.9. The number of piperazine rings is 1. The number of carbonyl (C=O) groups excluding carboxylic acids is 2. The van der Waals surface area contributed by atoms with Crippen molar-refractivity contribution < 1.29 is 22.7 Å². The lowest BCUT2D eigenvalue weighted by molar-refractivity contribution is -0.132. The number of fused-ring (bicyclic) bond motifs is 2. The van der Waals surface area contributed by atoms with Crippen LogP contribution in [0.5, 0.6) is 0 Å². The average Bonchev–Trinajstić information content (AvgIpc) is 3.37. The number of nitrogens with one attached hydrogen (secondary N) is 2. The lowest BCUT2D eigenvalue weighted by Gasteiger charge is -2.42. The zero-order valence-electron chi connectivity index (χ0n) is 28.1. The molecule has 8 atom stereocenters. The van der Waals surface area contributed by atoms with Crippen LogP contribution in [0, 0.1) is 17.8 Å². The van der Waals surface area contributed by atoms with Gasteiger partial charge in [0, 0.05) is 49.1 Å². The predicted octanol–water partition coefficient (Wildman–Crippen LogP) is 4.77. The Labute approximate surface area is 281 Å². The first-order valence-electron chi connectivity index (χ1n) is 17.4. The SMILES string of the molecule is CC1(C)CC([C@H](c2ccc(Cl)cc2)[C@H](NC(=O)C(C)(C)N)C(=O)C[C@H]2CCC[C@@H]2CC[C@H]2CN[C@@H]3CCCS(=O)(=O)N2C3)CCO1. The van der Waals surface area contributed by atoms with Crippen LogP contribution >= 0.6 is 11.6 Å². The number of rotatable bonds is 11. The Bertz CT molecular complexity index is 1330. The molecule has 4 fully saturated rings. The van der Waals surface area contributed by atoms with Crippen LogP contribution in [0.15, 0.2) is 24.3 Å². The number of Topliss-reactive ketones (excluding diaryl/α,β-unsaturated/α-hetero) is 1. The number of ether oxygens (including phenoxy) is 1. The first-order chi connectivity index (χ1) is 21.6. The molecule has 3 saturated heterocycles. The third kappa shape index (κ3) is 8.72. The number of hydrogen-bond donors (Lipinski definition) is 3. The summed E-state index contributed by atoms with van der Waals surface area (Å²) in [6, 6.07) is 7.13. The number of amides is 1. The summed E-state index contributed by atoms with van der Waals surface area (Å²) in [6.45, 7) is 9.34. The van der Waals surface area contributed by atoms with Crippen LogP contribution in [0.1, 0.15) is 103 Å². The third-order valence-electron chi connectivity index (χ3n) is 11.0. The van der Waals surface area contributed by atoms with Crippen molar-refractivity contribution in [1.29, 1.82) is 0 Å². The molecule has 258 valence electrons. The summed E-state index contributed by atoms with van der Waals surface area (Å²) in [4.78, 5) is 28.0. The van der Waals surface area contributed by atoms with Crippen molar-refractivity contribution in [2.45, 2.75) is 127 Å². The molecular weight excluding hydrogens is 624 g/mol. The molecule has 0 radical (unpaired) electrons. The lowest BCUT2D eigenvalue weighted by Crippen LogP contribution is -2.57. The zero-order chi connectivity index (χ0) is 33.3. The fraction of sp³-hybridized carbons (Fsp3) is 0.771. The molecule has 1 aromatic carbocycles. The second kappa shape index (κ2) is 14.5. The fourth-order valence-electron chi connectivity index (χ4n) is 8.50. The summed E-state index contributed by atoms with van der Waals surface area (Å²) in [5.74, 6) is 0.311. The molecule has 2 unspecified atom stereocenters. The first kappa shape index (κ1) is 35.7. The van der Waals surface area contributed by atoms with E-state index in [0.29, 0.717) is 43.5 Å². The molecule has 0 aromatic heterocycles. The quantitative estimate of drug-likeness (QED) is 0.307. The molecule has 5 rings (SSSR count). The highest BCUT2D eigenvalue weighted by atomic mass is 35.5. The van der Waals surface area contributed by atoms with E-state index in [2.05, 4.69) is 24.5 Å². The Morgan fingerprint density at radius 3 is 2.52 bits per heavy atom. The number of ketones is 1. The van der Waals surface area contributed by atoms with Crippen LogP contribution in [0.3, 0.4) is 0 Å². The highest BCUT2D eigenvalue weighted by Gasteiger charge is 2.44. The van der Waals surface area contributed by atoms with Crippen LogP contribution in [0.2, 0.25) is 5.02 Å². The van der Waals surface area contributed by atoms with Gasteiger partial charge in [0.25, 0.3) is 0 Å². The van der Waals surface area contributed by atoms with Crippen molar-refractivity contribution in [3.63, 3.8) is 0 Å². The maximum atomic E-state index is 14.6. The van der Waals surface area contributed by atoms with Crippen LogP contribution in [-0.4, -0.2) is 79.1 Å². The maximum Gasteiger partial charge on any atom is 0.240 e. The van der Waals surface area contributed by atoms with Gasteiger partial charge in [-0.3, -0.25) is 9.59 Å². The summed E-state index contributed by atoms with van der Waals surface area (Å²) in [7, 11) is -3.24. The molecule has 11 heteroatoms. The molecule has 4 aliphatic rings. The van der Waals surface area contributed by atoms with E-state index in [1.165, 1.54) is 0 Å². The molecule has 2 bridgehead atoms. The van der Waals surface area contributed by atoms with E-state index in [9.17, 15) is 18.0 Å². The Morgan fingerprint density at radius 1 is 1.11 bits per heavy atom. The summed E-state index contributed by atoms with van der Waals surface area (Å²) in [5.41, 5.74) is 5.74. The minimum atomic E-state index is -3.24. The van der Waals surface area contributed by atoms with Crippen LogP contribution < -0.4 is 16.4 Å². The van der Waals surface area contributed by atoms with Crippen LogP contribution in [0.25, 0.3) is 0 Å². The van der Waals surface area contributed by atoms with E-state index in [1.54, 1.807) is 18.2 Å². The summed E-state index contributed by atoms with van der Waals surface area (Å²) in [6.07, 6.45) is 8.26. The Morgan fingerprint density at radius 2 is 1.83 bits per heavy atom. The molecular formula is C35H55ClN4O5S. The largest absolute Gasteiger partial charge is 0.376 e. The van der Waals surface area contributed by atoms with Crippen molar-refractivity contribution in [1.82, 2.24) is 14.9 Å². The molecule has 0 spiro atoms. The van der Waals surface area contributed by atoms with E-state index in [4.69, 9.17) is 22.1 Å². The molecule has 9 nitrogen and oxygen atoms in total. The summed E-state index contributed by atoms with van der Waals surface area (Å²) in [5, 5.41) is 7.34. The Balaban J connectivity index is 1.35. The number of sulfonamides is 1. The molecule has 1 aromatic rings. The smallest absolute Gasteiger partial charge is 0.240 e. The number of benzene rings is 1. The zero-order valence-corrected chi connectivity index (χ0v) is 29.7. The molecule has 3 heterocycles. The van der Waals surface area contributed by atoms with Gasteiger partial charge in [-0.25, -0.2) is 8.42 Å². The van der Waals surface area contributed by atoms with Gasteiger partial charge in [-0.15, -0.1) is 0 Å². The number of halogens is 1. The molecule has 1 aliphatic carbocycles. The number of nitrogens with zero attached hydrogens (tertiary/aromatic N) is 1. The minimum Gasteiger partial charge on any atom is -0.376 e. The van der Waals surface area contributed by atoms with Crippen molar-refractivity contribution >= 4 is 33.3 Å². The topological polar surface area (TPSA) is 131 Å². The fourth-order valence-corrected chi connectivity index (χ4v) is 10.4. The Hall–Kier alpha value is -1.56. The number of nitrogens with two attached hydrogens (primary N) is 1. The van der Waals surface area contributed by atoms with Crippen molar-refractivity contribution in [3.8, 4) is 0 Å². The van der Waals surface area contributed by atoms with Crippen LogP contribution in [-0.2, 0) is 24.3 Å². The molecule has 1 amide bonds. The molecule has 3 aliphatic heterocycles. The van der Waals surface area contributed by atoms with E-state index in [0.717, 1.165) is 56.9 Å². The van der Waals surface area contributed by atoms with Gasteiger partial charge in [0.2, 0.25) is 15.9 Å². The van der Waals surface area contributed by atoms with E-state index < -0.39 is 21.6 Å². The molecule has 1 saturated carbocycles. The highest BCUT2D eigenvalue weighted by molar-refractivity contribution is 7.89. The summed E-state index contributed by atoms with van der Waals surface area (Å²) >= 11 is 6.29. The monoisotopic (exact) mass is 678 g/mol. The Kier molecular flexibility index (Phi) is 11.3. The van der Waals surface area contributed by atoms with Gasteiger partial charge >= 0.3 is 0 Å². The van der Waals surface area contributed by atoms with E-state index in [1.807, 2.05) is 24.3 Å². The molecule has 4 N–H and O–H groups in total. The van der Waals surface area contributed by atoms with Gasteiger partial charge in [0.05, 0.1) is 22.9 Å². The van der Waals surface area contributed by atoms with Gasteiger partial charge in [0.15, 0.2) is 5.78 Å². The van der Waals surface area contributed by atoms with E-state index >= 15 is 0 Å². The van der Waals surface area contributed by atoms with Crippen molar-refractivity contribution in [3.05, 3.63) is 34.9 Å².